The molecule has 0 N–H and O–H groups in total. The van der Waals surface area contributed by atoms with Crippen LogP contribution in [-0.2, 0) is 15.3 Å². The number of hydrogen-bond acceptors (Lipinski definition) is 6. The summed E-state index contributed by atoms with van der Waals surface area (Å²) in [5, 5.41) is 0. The summed E-state index contributed by atoms with van der Waals surface area (Å²) in [6, 6.07) is 28.0. The standard InChI is InChI=1S/C36H44FN3O2S/c1-26(28-14-9-6-10-15-28)40-25-38-36(35(41)42-4,24-43-23-27-12-7-5-8-13-27)34(40)30-20-18-29(19-21-30)33(39(2)3)31-16-11-17-32(37)22-31/h5-17,22,25-26,29-30,33-34H,18-21,23-24H2,1-4H3. The van der Waals surface area contributed by atoms with Gasteiger partial charge in [-0.05, 0) is 87.4 Å². The number of ether oxygens (including phenoxy) is 1. The van der Waals surface area contributed by atoms with Crippen LogP contribution in [0.2, 0.25) is 0 Å². The Hall–Kier alpha value is -3.16. The summed E-state index contributed by atoms with van der Waals surface area (Å²) < 4.78 is 19.7. The molecule has 7 heteroatoms. The summed E-state index contributed by atoms with van der Waals surface area (Å²) in [4.78, 5) is 23.4. The fourth-order valence-electron chi connectivity index (χ4n) is 7.33. The van der Waals surface area contributed by atoms with Crippen molar-refractivity contribution in [3.8, 4) is 0 Å². The summed E-state index contributed by atoms with van der Waals surface area (Å²) in [6.45, 7) is 2.20. The number of benzene rings is 3. The van der Waals surface area contributed by atoms with Gasteiger partial charge in [0.05, 0.1) is 25.5 Å². The topological polar surface area (TPSA) is 45.1 Å². The van der Waals surface area contributed by atoms with Gasteiger partial charge in [-0.3, -0.25) is 4.99 Å². The van der Waals surface area contributed by atoms with Gasteiger partial charge >= 0.3 is 5.97 Å². The van der Waals surface area contributed by atoms with Gasteiger partial charge < -0.3 is 14.5 Å². The van der Waals surface area contributed by atoms with Crippen molar-refractivity contribution in [1.29, 1.82) is 0 Å². The molecule has 0 aromatic heterocycles. The molecule has 4 atom stereocenters. The van der Waals surface area contributed by atoms with Crippen molar-refractivity contribution in [2.45, 2.75) is 62.0 Å². The van der Waals surface area contributed by atoms with Crippen LogP contribution in [-0.4, -0.2) is 60.6 Å². The van der Waals surface area contributed by atoms with E-state index in [0.717, 1.165) is 37.0 Å². The van der Waals surface area contributed by atoms with Crippen LogP contribution >= 0.6 is 11.8 Å². The highest BCUT2D eigenvalue weighted by Crippen LogP contribution is 2.47. The van der Waals surface area contributed by atoms with Gasteiger partial charge in [-0.15, -0.1) is 0 Å². The molecule has 0 amide bonds. The molecule has 1 heterocycles. The van der Waals surface area contributed by atoms with Crippen LogP contribution in [0.25, 0.3) is 0 Å². The normalized spacial score (nSPS) is 25.1. The Labute approximate surface area is 260 Å². The van der Waals surface area contributed by atoms with E-state index in [9.17, 15) is 9.18 Å². The Morgan fingerprint density at radius 2 is 1.65 bits per heavy atom. The summed E-state index contributed by atoms with van der Waals surface area (Å²) in [5.41, 5.74) is 2.47. The number of esters is 1. The molecule has 4 unspecified atom stereocenters. The van der Waals surface area contributed by atoms with E-state index in [4.69, 9.17) is 9.73 Å². The minimum Gasteiger partial charge on any atom is -0.467 e. The minimum absolute atomic E-state index is 0.0557. The molecule has 0 saturated heterocycles. The molecule has 1 saturated carbocycles. The zero-order valence-electron chi connectivity index (χ0n) is 25.7. The molecule has 0 radical (unpaired) electrons. The highest BCUT2D eigenvalue weighted by atomic mass is 32.2. The number of thioether (sulfide) groups is 1. The van der Waals surface area contributed by atoms with Gasteiger partial charge in [0.15, 0.2) is 5.54 Å². The van der Waals surface area contributed by atoms with Gasteiger partial charge in [-0.2, -0.15) is 11.8 Å². The van der Waals surface area contributed by atoms with Gasteiger partial charge in [0, 0.05) is 17.5 Å². The number of aliphatic imine (C=N–C) groups is 1. The van der Waals surface area contributed by atoms with Crippen molar-refractivity contribution < 1.29 is 13.9 Å². The van der Waals surface area contributed by atoms with Crippen LogP contribution < -0.4 is 0 Å². The number of nitrogens with zero attached hydrogens (tertiary/aromatic N) is 3. The number of carbonyl (C=O) groups is 1. The summed E-state index contributed by atoms with van der Waals surface area (Å²) in [5.74, 6) is 1.57. The van der Waals surface area contributed by atoms with Crippen molar-refractivity contribution in [3.05, 3.63) is 107 Å². The van der Waals surface area contributed by atoms with Crippen molar-refractivity contribution in [1.82, 2.24) is 9.80 Å². The number of hydrogen-bond donors (Lipinski definition) is 0. The Morgan fingerprint density at radius 1 is 1.00 bits per heavy atom. The van der Waals surface area contributed by atoms with Crippen LogP contribution in [0.4, 0.5) is 4.39 Å². The molecule has 5 rings (SSSR count). The van der Waals surface area contributed by atoms with Crippen molar-refractivity contribution in [2.75, 3.05) is 27.0 Å². The number of halogens is 1. The largest absolute Gasteiger partial charge is 0.467 e. The lowest BCUT2D eigenvalue weighted by Crippen LogP contribution is -2.58. The molecule has 2 aliphatic rings. The first-order valence-corrected chi connectivity index (χ1v) is 16.5. The van der Waals surface area contributed by atoms with E-state index in [1.54, 1.807) is 17.8 Å². The van der Waals surface area contributed by atoms with Crippen LogP contribution in [0, 0.1) is 17.7 Å². The third kappa shape index (κ3) is 6.83. The van der Waals surface area contributed by atoms with Crippen molar-refractivity contribution in [3.63, 3.8) is 0 Å². The predicted molar refractivity (Wildman–Crippen MR) is 175 cm³/mol. The van der Waals surface area contributed by atoms with Crippen LogP contribution in [0.3, 0.4) is 0 Å². The molecular formula is C36H44FN3O2S. The van der Waals surface area contributed by atoms with Crippen molar-refractivity contribution >= 4 is 24.1 Å². The van der Waals surface area contributed by atoms with E-state index in [2.05, 4.69) is 79.3 Å². The molecule has 228 valence electrons. The van der Waals surface area contributed by atoms with Crippen LogP contribution in [0.1, 0.15) is 61.4 Å². The first-order valence-electron chi connectivity index (χ1n) is 15.3. The maximum atomic E-state index is 14.2. The Morgan fingerprint density at radius 3 is 2.28 bits per heavy atom. The second-order valence-electron chi connectivity index (χ2n) is 12.3. The zero-order chi connectivity index (χ0) is 30.4. The minimum atomic E-state index is -0.988. The molecule has 1 fully saturated rings. The first kappa shape index (κ1) is 31.3. The summed E-state index contributed by atoms with van der Waals surface area (Å²) in [6.07, 6.45) is 5.87. The Bertz CT molecular complexity index is 1360. The third-order valence-electron chi connectivity index (χ3n) is 9.39. The van der Waals surface area contributed by atoms with Crippen LogP contribution in [0.5, 0.6) is 0 Å². The highest BCUT2D eigenvalue weighted by Gasteiger charge is 2.56. The van der Waals surface area contributed by atoms with Crippen molar-refractivity contribution in [2.24, 2.45) is 16.8 Å². The van der Waals surface area contributed by atoms with Gasteiger partial charge in [0.1, 0.15) is 5.82 Å². The fraction of sp³-hybridized carbons (Fsp3) is 0.444. The molecule has 0 bridgehead atoms. The molecule has 0 spiro atoms. The van der Waals surface area contributed by atoms with Gasteiger partial charge in [0.2, 0.25) is 0 Å². The smallest absolute Gasteiger partial charge is 0.336 e. The SMILES string of the molecule is COC(=O)C1(CSCc2ccccc2)N=CN(C(C)c2ccccc2)C1C1CCC(C(c2cccc(F)c2)N(C)C)CC1. The van der Waals surface area contributed by atoms with Gasteiger partial charge in [0.25, 0.3) is 0 Å². The average Bonchev–Trinajstić information content (AvgIpc) is 3.42. The zero-order valence-corrected chi connectivity index (χ0v) is 26.6. The monoisotopic (exact) mass is 601 g/mol. The number of methoxy groups -OCH3 is 1. The number of carbonyl (C=O) groups excluding carboxylic acids is 1. The van der Waals surface area contributed by atoms with E-state index in [1.165, 1.54) is 24.3 Å². The Kier molecular flexibility index (Phi) is 10.2. The fourth-order valence-corrected chi connectivity index (χ4v) is 8.54. The molecule has 43 heavy (non-hydrogen) atoms. The maximum absolute atomic E-state index is 14.2. The quantitative estimate of drug-likeness (QED) is 0.212. The van der Waals surface area contributed by atoms with E-state index >= 15 is 0 Å². The lowest BCUT2D eigenvalue weighted by molar-refractivity contribution is -0.148. The van der Waals surface area contributed by atoms with Crippen LogP contribution in [0.15, 0.2) is 89.9 Å². The third-order valence-corrected chi connectivity index (χ3v) is 10.6. The average molecular weight is 602 g/mol. The number of rotatable bonds is 11. The van der Waals surface area contributed by atoms with E-state index in [0.29, 0.717) is 11.7 Å². The molecule has 1 aliphatic heterocycles. The molecule has 5 nitrogen and oxygen atoms in total. The predicted octanol–water partition coefficient (Wildman–Crippen LogP) is 7.55. The van der Waals surface area contributed by atoms with E-state index in [-0.39, 0.29) is 35.8 Å². The maximum Gasteiger partial charge on any atom is 0.336 e. The second kappa shape index (κ2) is 14.1. The lowest BCUT2D eigenvalue weighted by Gasteiger charge is -2.46. The summed E-state index contributed by atoms with van der Waals surface area (Å²) in [7, 11) is 5.66. The molecule has 1 aliphatic carbocycles. The van der Waals surface area contributed by atoms with E-state index in [1.807, 2.05) is 30.6 Å². The summed E-state index contributed by atoms with van der Waals surface area (Å²) >= 11 is 1.75. The first-order chi connectivity index (χ1) is 20.8. The molecule has 3 aromatic rings. The molecule has 3 aromatic carbocycles. The Balaban J connectivity index is 1.42. The van der Waals surface area contributed by atoms with Gasteiger partial charge in [-0.25, -0.2) is 9.18 Å². The lowest BCUT2D eigenvalue weighted by atomic mass is 9.70. The highest BCUT2D eigenvalue weighted by molar-refractivity contribution is 7.98. The molecular weight excluding hydrogens is 557 g/mol. The van der Waals surface area contributed by atoms with Gasteiger partial charge in [-0.1, -0.05) is 72.8 Å². The van der Waals surface area contributed by atoms with E-state index < -0.39 is 5.54 Å². The second-order valence-corrected chi connectivity index (χ2v) is 13.2.